The largest absolute Gasteiger partial charge is 0.416 e. The van der Waals surface area contributed by atoms with Crippen molar-refractivity contribution < 1.29 is 18.0 Å². The number of aryl methyl sites for hydroxylation is 2. The average Bonchev–Trinajstić information content (AvgIpc) is 2.80. The summed E-state index contributed by atoms with van der Waals surface area (Å²) >= 11 is 0. The highest BCUT2D eigenvalue weighted by molar-refractivity contribution is 6.04. The van der Waals surface area contributed by atoms with Crippen molar-refractivity contribution in [3.05, 3.63) is 94.7 Å². The summed E-state index contributed by atoms with van der Waals surface area (Å²) < 4.78 is 38.2. The Morgan fingerprint density at radius 1 is 0.909 bits per heavy atom. The number of nitrogens with one attached hydrogen (secondary N) is 1. The molecule has 0 saturated carbocycles. The summed E-state index contributed by atoms with van der Waals surface area (Å²) in [7, 11) is 0. The van der Waals surface area contributed by atoms with Crippen LogP contribution in [0.1, 0.15) is 32.7 Å². The van der Waals surface area contributed by atoms with Gasteiger partial charge >= 0.3 is 6.18 Å². The minimum Gasteiger partial charge on any atom is -0.350 e. The molecule has 4 rings (SSSR count). The Morgan fingerprint density at radius 2 is 1.64 bits per heavy atom. The number of benzene rings is 3. The van der Waals surface area contributed by atoms with Crippen molar-refractivity contribution in [2.75, 3.05) is 6.54 Å². The second kappa shape index (κ2) is 9.02. The molecule has 1 heterocycles. The third-order valence-corrected chi connectivity index (χ3v) is 5.56. The molecule has 0 radical (unpaired) electrons. The number of rotatable bonds is 5. The number of carbonyl (C=O) groups excluding carboxylic acids is 1. The monoisotopic (exact) mass is 449 g/mol. The van der Waals surface area contributed by atoms with Crippen LogP contribution in [0.25, 0.3) is 22.3 Å². The smallest absolute Gasteiger partial charge is 0.350 e. The third kappa shape index (κ3) is 5.03. The highest BCUT2D eigenvalue weighted by Gasteiger charge is 2.29. The van der Waals surface area contributed by atoms with Crippen molar-refractivity contribution in [3.63, 3.8) is 0 Å². The molecule has 0 atom stereocenters. The molecule has 0 bridgehead atoms. The second-order valence-corrected chi connectivity index (χ2v) is 7.91. The summed E-state index contributed by atoms with van der Waals surface area (Å²) in [5.41, 5.74) is 4.01. The molecule has 0 aliphatic rings. The quantitative estimate of drug-likeness (QED) is 0.412. The molecule has 0 unspecified atom stereocenters. The van der Waals surface area contributed by atoms with E-state index < -0.39 is 11.7 Å². The van der Waals surface area contributed by atoms with Gasteiger partial charge in [-0.1, -0.05) is 42.5 Å². The lowest BCUT2D eigenvalue weighted by Gasteiger charge is -2.11. The molecule has 1 amide bonds. The van der Waals surface area contributed by atoms with Gasteiger partial charge in [0.2, 0.25) is 0 Å². The van der Waals surface area contributed by atoms with Gasteiger partial charge in [-0.2, -0.15) is 13.2 Å². The van der Waals surface area contributed by atoms with Crippen LogP contribution in [0.3, 0.4) is 0 Å². The Labute approximate surface area is 189 Å². The maximum atomic E-state index is 13.0. The number of fused-ring (bicyclic) bond motifs is 1. The number of hydrogen-bond donors (Lipinski definition) is 1. The number of carbonyl (C=O) groups is 1. The number of amides is 1. The molecular weight excluding hydrogens is 427 g/mol. The van der Waals surface area contributed by atoms with Crippen molar-refractivity contribution in [3.8, 4) is 11.4 Å². The molecule has 0 fully saturated rings. The lowest BCUT2D eigenvalue weighted by Crippen LogP contribution is -2.27. The van der Waals surface area contributed by atoms with E-state index in [1.807, 2.05) is 50.2 Å². The molecule has 0 aliphatic heterocycles. The normalized spacial score (nSPS) is 11.5. The van der Waals surface area contributed by atoms with Crippen LogP contribution in [0, 0.1) is 13.8 Å². The van der Waals surface area contributed by atoms with Crippen molar-refractivity contribution in [2.24, 2.45) is 0 Å². The molecule has 33 heavy (non-hydrogen) atoms. The zero-order chi connectivity index (χ0) is 23.6. The fourth-order valence-corrected chi connectivity index (χ4v) is 3.52. The van der Waals surface area contributed by atoms with Crippen molar-refractivity contribution in [2.45, 2.75) is 26.4 Å². The Hall–Kier alpha value is -3.74. The van der Waals surface area contributed by atoms with E-state index in [9.17, 15) is 18.0 Å². The third-order valence-electron chi connectivity index (χ3n) is 5.56. The van der Waals surface area contributed by atoms with Gasteiger partial charge in [-0.3, -0.25) is 4.79 Å². The fraction of sp³-hybridized carbons (Fsp3) is 0.192. The van der Waals surface area contributed by atoms with E-state index in [4.69, 9.17) is 0 Å². The van der Waals surface area contributed by atoms with Crippen LogP contribution in [-0.2, 0) is 12.6 Å². The number of hydrogen-bond acceptors (Lipinski definition) is 3. The first-order valence-corrected chi connectivity index (χ1v) is 10.5. The highest BCUT2D eigenvalue weighted by atomic mass is 19.4. The van der Waals surface area contributed by atoms with E-state index in [1.165, 1.54) is 12.1 Å². The molecule has 1 N–H and O–H groups in total. The Balaban J connectivity index is 1.55. The predicted molar refractivity (Wildman–Crippen MR) is 122 cm³/mol. The van der Waals surface area contributed by atoms with E-state index >= 15 is 0 Å². The molecule has 4 aromatic rings. The lowest BCUT2D eigenvalue weighted by molar-refractivity contribution is -0.137. The van der Waals surface area contributed by atoms with E-state index in [-0.39, 0.29) is 18.1 Å². The number of nitrogens with zero attached hydrogens (tertiary/aromatic N) is 2. The Bertz CT molecular complexity index is 1310. The molecule has 4 nitrogen and oxygen atoms in total. The van der Waals surface area contributed by atoms with Crippen LogP contribution >= 0.6 is 0 Å². The van der Waals surface area contributed by atoms with Gasteiger partial charge in [0.05, 0.1) is 11.1 Å². The first kappa shape index (κ1) is 22.5. The molecule has 7 heteroatoms. The molecule has 1 aromatic heterocycles. The summed E-state index contributed by atoms with van der Waals surface area (Å²) in [4.78, 5) is 22.2. The van der Waals surface area contributed by atoms with Gasteiger partial charge in [0.1, 0.15) is 5.69 Å². The first-order valence-electron chi connectivity index (χ1n) is 10.5. The fourth-order valence-electron chi connectivity index (χ4n) is 3.52. The maximum Gasteiger partial charge on any atom is 0.416 e. The van der Waals surface area contributed by atoms with Gasteiger partial charge < -0.3 is 5.32 Å². The van der Waals surface area contributed by atoms with Gasteiger partial charge in [-0.25, -0.2) is 9.97 Å². The van der Waals surface area contributed by atoms with Gasteiger partial charge in [0.15, 0.2) is 5.82 Å². The van der Waals surface area contributed by atoms with Crippen LogP contribution in [0.15, 0.2) is 66.7 Å². The van der Waals surface area contributed by atoms with Crippen LogP contribution < -0.4 is 5.32 Å². The molecule has 0 spiro atoms. The molecule has 168 valence electrons. The lowest BCUT2D eigenvalue weighted by atomic mass is 10.1. The van der Waals surface area contributed by atoms with E-state index in [0.29, 0.717) is 28.7 Å². The van der Waals surface area contributed by atoms with E-state index in [0.717, 1.165) is 28.8 Å². The molecule has 0 aliphatic carbocycles. The first-order chi connectivity index (χ1) is 15.7. The van der Waals surface area contributed by atoms with E-state index in [1.54, 1.807) is 6.07 Å². The number of alkyl halides is 3. The topological polar surface area (TPSA) is 54.9 Å². The van der Waals surface area contributed by atoms with Crippen molar-refractivity contribution in [1.82, 2.24) is 15.3 Å². The minimum absolute atomic E-state index is 0.265. The van der Waals surface area contributed by atoms with Gasteiger partial charge in [-0.15, -0.1) is 0 Å². The molecule has 3 aromatic carbocycles. The van der Waals surface area contributed by atoms with Gasteiger partial charge in [0, 0.05) is 17.5 Å². The minimum atomic E-state index is -4.37. The Morgan fingerprint density at radius 3 is 2.33 bits per heavy atom. The predicted octanol–water partition coefficient (Wildman–Crippen LogP) is 5.90. The van der Waals surface area contributed by atoms with E-state index in [2.05, 4.69) is 15.3 Å². The summed E-state index contributed by atoms with van der Waals surface area (Å²) in [6, 6.07) is 18.2. The Kier molecular flexibility index (Phi) is 6.14. The number of para-hydroxylation sites is 1. The standard InChI is InChI=1S/C26H22F3N3O/c1-16-7-10-19(15-17(16)2)24-31-22-6-4-3-5-21(22)23(32-24)25(33)30-14-13-18-8-11-20(12-9-18)26(27,28)29/h3-12,15H,13-14H2,1-2H3,(H,30,33). The average molecular weight is 449 g/mol. The van der Waals surface area contributed by atoms with Gasteiger partial charge in [0.25, 0.3) is 5.91 Å². The summed E-state index contributed by atoms with van der Waals surface area (Å²) in [6.45, 7) is 4.30. The summed E-state index contributed by atoms with van der Waals surface area (Å²) in [6.07, 6.45) is -3.97. The van der Waals surface area contributed by atoms with Gasteiger partial charge in [-0.05, 0) is 61.2 Å². The molecular formula is C26H22F3N3O. The SMILES string of the molecule is Cc1ccc(-c2nc(C(=O)NCCc3ccc(C(F)(F)F)cc3)c3ccccc3n2)cc1C. The van der Waals surface area contributed by atoms with Crippen LogP contribution in [0.5, 0.6) is 0 Å². The maximum absolute atomic E-state index is 13.0. The van der Waals surface area contributed by atoms with Crippen molar-refractivity contribution >= 4 is 16.8 Å². The zero-order valence-corrected chi connectivity index (χ0v) is 18.2. The van der Waals surface area contributed by atoms with Crippen LogP contribution in [0.4, 0.5) is 13.2 Å². The zero-order valence-electron chi connectivity index (χ0n) is 18.2. The van der Waals surface area contributed by atoms with Crippen LogP contribution in [0.2, 0.25) is 0 Å². The molecule has 0 saturated heterocycles. The van der Waals surface area contributed by atoms with Crippen molar-refractivity contribution in [1.29, 1.82) is 0 Å². The number of halogens is 3. The summed E-state index contributed by atoms with van der Waals surface area (Å²) in [5, 5.41) is 3.47. The number of aromatic nitrogens is 2. The second-order valence-electron chi connectivity index (χ2n) is 7.91. The highest BCUT2D eigenvalue weighted by Crippen LogP contribution is 2.29. The summed E-state index contributed by atoms with van der Waals surface area (Å²) in [5.74, 6) is 0.107. The van der Waals surface area contributed by atoms with Crippen LogP contribution in [-0.4, -0.2) is 22.4 Å².